The van der Waals surface area contributed by atoms with Crippen molar-refractivity contribution >= 4 is 29.0 Å². The third-order valence-electron chi connectivity index (χ3n) is 7.28. The maximum absolute atomic E-state index is 6.27. The second-order valence-electron chi connectivity index (χ2n) is 9.09. The van der Waals surface area contributed by atoms with E-state index in [9.17, 15) is 0 Å². The van der Waals surface area contributed by atoms with Crippen molar-refractivity contribution in [1.82, 2.24) is 9.78 Å². The van der Waals surface area contributed by atoms with E-state index in [1.165, 1.54) is 49.8 Å². The highest BCUT2D eigenvalue weighted by molar-refractivity contribution is 6.34. The monoisotopic (exact) mass is 387 g/mol. The first-order chi connectivity index (χ1) is 12.6. The molecule has 0 unspecified atom stereocenters. The Bertz CT molecular complexity index is 845. The molecule has 1 aliphatic heterocycles. The Hall–Kier alpha value is -1.19. The maximum atomic E-state index is 6.27. The van der Waals surface area contributed by atoms with Gasteiger partial charge in [0, 0.05) is 27.6 Å². The number of nitrogens with one attached hydrogen (secondary N) is 1. The van der Waals surface area contributed by atoms with Crippen molar-refractivity contribution in [3.8, 4) is 5.69 Å². The number of nitrogens with zero attached hydrogens (tertiary/aromatic N) is 2. The van der Waals surface area contributed by atoms with Crippen LogP contribution in [0.25, 0.3) is 5.69 Å². The van der Waals surface area contributed by atoms with Crippen LogP contribution in [0, 0.1) is 17.8 Å². The van der Waals surface area contributed by atoms with Crippen LogP contribution in [0.1, 0.15) is 49.8 Å². The third-order valence-corrected chi connectivity index (χ3v) is 7.72. The van der Waals surface area contributed by atoms with Gasteiger partial charge in [0.1, 0.15) is 5.82 Å². The van der Waals surface area contributed by atoms with Gasteiger partial charge in [-0.1, -0.05) is 23.2 Å². The predicted molar refractivity (Wildman–Crippen MR) is 106 cm³/mol. The van der Waals surface area contributed by atoms with E-state index in [2.05, 4.69) is 10.00 Å². The fourth-order valence-electron chi connectivity index (χ4n) is 6.85. The van der Waals surface area contributed by atoms with Gasteiger partial charge in [-0.05, 0) is 80.9 Å². The van der Waals surface area contributed by atoms with Gasteiger partial charge in [-0.2, -0.15) is 5.10 Å². The van der Waals surface area contributed by atoms with Gasteiger partial charge in [-0.25, -0.2) is 4.68 Å². The van der Waals surface area contributed by atoms with Gasteiger partial charge in [0.2, 0.25) is 0 Å². The van der Waals surface area contributed by atoms with Crippen LogP contribution in [0.5, 0.6) is 0 Å². The summed E-state index contributed by atoms with van der Waals surface area (Å²) in [5.41, 5.74) is 4.11. The van der Waals surface area contributed by atoms with E-state index in [4.69, 9.17) is 28.3 Å². The first-order valence-electron chi connectivity index (χ1n) is 9.92. The molecule has 0 amide bonds. The van der Waals surface area contributed by atoms with E-state index in [-0.39, 0.29) is 0 Å². The van der Waals surface area contributed by atoms with Gasteiger partial charge in [0.25, 0.3) is 0 Å². The van der Waals surface area contributed by atoms with Crippen molar-refractivity contribution in [3.63, 3.8) is 0 Å². The minimum Gasteiger partial charge on any atom is -0.369 e. The zero-order valence-corrected chi connectivity index (χ0v) is 16.3. The third kappa shape index (κ3) is 2.23. The maximum Gasteiger partial charge on any atom is 0.133 e. The first-order valence-corrected chi connectivity index (χ1v) is 10.7. The van der Waals surface area contributed by atoms with Crippen molar-refractivity contribution in [2.45, 2.75) is 50.4 Å². The summed E-state index contributed by atoms with van der Waals surface area (Å²) in [4.78, 5) is 0. The van der Waals surface area contributed by atoms with Crippen molar-refractivity contribution in [2.75, 3.05) is 11.9 Å². The number of hydrogen-bond acceptors (Lipinski definition) is 2. The quantitative estimate of drug-likeness (QED) is 0.724. The molecule has 4 saturated carbocycles. The molecular formula is C21H23Cl2N3. The van der Waals surface area contributed by atoms with Gasteiger partial charge in [0.05, 0.1) is 11.4 Å². The number of halogens is 2. The minimum absolute atomic E-state index is 0.318. The highest BCUT2D eigenvalue weighted by Crippen LogP contribution is 2.61. The normalized spacial score (nSPS) is 34.2. The molecule has 26 heavy (non-hydrogen) atoms. The first kappa shape index (κ1) is 15.8. The number of anilines is 1. The molecule has 1 N–H and O–H groups in total. The summed E-state index contributed by atoms with van der Waals surface area (Å²) in [5, 5.41) is 10.1. The summed E-state index contributed by atoms with van der Waals surface area (Å²) in [6.45, 7) is 1.00. The molecule has 2 aromatic rings. The van der Waals surface area contributed by atoms with E-state index >= 15 is 0 Å². The van der Waals surface area contributed by atoms with E-state index in [1.807, 2.05) is 12.1 Å². The van der Waals surface area contributed by atoms with Crippen LogP contribution >= 0.6 is 23.2 Å². The largest absolute Gasteiger partial charge is 0.369 e. The Morgan fingerprint density at radius 3 is 2.19 bits per heavy atom. The Kier molecular flexibility index (Phi) is 3.30. The standard InChI is InChI=1S/C21H23Cl2N3/c22-15-6-16(23)8-17(7-15)26-20-18(1-2-24-20)19(25-26)21-9-12-3-13(10-21)5-14(4-12)11-21/h6-8,12-14,24H,1-5,9-11H2. The molecule has 5 heteroatoms. The van der Waals surface area contributed by atoms with Gasteiger partial charge in [0.15, 0.2) is 0 Å². The molecule has 2 heterocycles. The molecule has 1 aromatic carbocycles. The van der Waals surface area contributed by atoms with Gasteiger partial charge >= 0.3 is 0 Å². The molecule has 0 spiro atoms. The van der Waals surface area contributed by atoms with Crippen molar-refractivity contribution in [2.24, 2.45) is 17.8 Å². The SMILES string of the molecule is Clc1cc(Cl)cc(-n2nc(C34CC5CC(CC(C5)C3)C4)c3c2NCC3)c1. The number of rotatable bonds is 2. The summed E-state index contributed by atoms with van der Waals surface area (Å²) < 4.78 is 2.06. The molecule has 0 atom stereocenters. The Morgan fingerprint density at radius 1 is 0.962 bits per heavy atom. The zero-order valence-electron chi connectivity index (χ0n) is 14.8. The molecule has 4 bridgehead atoms. The fraction of sp³-hybridized carbons (Fsp3) is 0.571. The van der Waals surface area contributed by atoms with Crippen molar-refractivity contribution < 1.29 is 0 Å². The Balaban J connectivity index is 1.50. The van der Waals surface area contributed by atoms with Gasteiger partial charge < -0.3 is 5.32 Å². The van der Waals surface area contributed by atoms with Crippen LogP contribution in [0.3, 0.4) is 0 Å². The molecule has 1 aromatic heterocycles. The lowest BCUT2D eigenvalue weighted by Crippen LogP contribution is -2.49. The number of hydrogen-bond donors (Lipinski definition) is 1. The van der Waals surface area contributed by atoms with E-state index < -0.39 is 0 Å². The van der Waals surface area contributed by atoms with Gasteiger partial charge in [-0.15, -0.1) is 0 Å². The second-order valence-corrected chi connectivity index (χ2v) is 9.96. The van der Waals surface area contributed by atoms with E-state index in [1.54, 1.807) is 6.07 Å². The lowest BCUT2D eigenvalue weighted by Gasteiger charge is -2.56. The Labute approximate surface area is 164 Å². The van der Waals surface area contributed by atoms with Crippen molar-refractivity contribution in [1.29, 1.82) is 0 Å². The van der Waals surface area contributed by atoms with Crippen LogP contribution in [-0.2, 0) is 11.8 Å². The average Bonchev–Trinajstić information content (AvgIpc) is 3.14. The second kappa shape index (κ2) is 5.42. The van der Waals surface area contributed by atoms with E-state index in [0.717, 1.165) is 42.2 Å². The molecule has 5 aliphatic rings. The molecule has 136 valence electrons. The predicted octanol–water partition coefficient (Wildman–Crippen LogP) is 5.61. The molecule has 3 nitrogen and oxygen atoms in total. The van der Waals surface area contributed by atoms with E-state index in [0.29, 0.717) is 15.5 Å². The molecule has 7 rings (SSSR count). The van der Waals surface area contributed by atoms with Crippen LogP contribution in [-0.4, -0.2) is 16.3 Å². The lowest BCUT2D eigenvalue weighted by atomic mass is 9.48. The lowest BCUT2D eigenvalue weighted by molar-refractivity contribution is -0.00770. The Morgan fingerprint density at radius 2 is 1.58 bits per heavy atom. The summed E-state index contributed by atoms with van der Waals surface area (Å²) in [5.74, 6) is 3.94. The summed E-state index contributed by atoms with van der Waals surface area (Å²) >= 11 is 12.5. The van der Waals surface area contributed by atoms with Crippen molar-refractivity contribution in [3.05, 3.63) is 39.5 Å². The average molecular weight is 388 g/mol. The molecular weight excluding hydrogens is 365 g/mol. The van der Waals surface area contributed by atoms with Crippen LogP contribution < -0.4 is 5.32 Å². The zero-order chi connectivity index (χ0) is 17.5. The van der Waals surface area contributed by atoms with Crippen LogP contribution in [0.2, 0.25) is 10.0 Å². The number of fused-ring (bicyclic) bond motifs is 1. The molecule has 4 aliphatic carbocycles. The van der Waals surface area contributed by atoms with Crippen LogP contribution in [0.15, 0.2) is 18.2 Å². The van der Waals surface area contributed by atoms with Gasteiger partial charge in [-0.3, -0.25) is 0 Å². The highest BCUT2D eigenvalue weighted by Gasteiger charge is 2.54. The molecule has 0 radical (unpaired) electrons. The summed E-state index contributed by atoms with van der Waals surface area (Å²) in [6, 6.07) is 5.71. The summed E-state index contributed by atoms with van der Waals surface area (Å²) in [7, 11) is 0. The summed E-state index contributed by atoms with van der Waals surface area (Å²) in [6.07, 6.45) is 9.51. The number of benzene rings is 1. The molecule has 0 saturated heterocycles. The smallest absolute Gasteiger partial charge is 0.133 e. The number of aromatic nitrogens is 2. The van der Waals surface area contributed by atoms with Crippen LogP contribution in [0.4, 0.5) is 5.82 Å². The highest BCUT2D eigenvalue weighted by atomic mass is 35.5. The minimum atomic E-state index is 0.318. The fourth-order valence-corrected chi connectivity index (χ4v) is 7.36. The molecule has 4 fully saturated rings. The topological polar surface area (TPSA) is 29.9 Å².